The highest BCUT2D eigenvalue weighted by atomic mass is 16.4. The number of aliphatic imine (C=N–C) groups is 1. The van der Waals surface area contributed by atoms with Crippen molar-refractivity contribution in [2.75, 3.05) is 0 Å². The molecule has 3 rings (SSSR count). The summed E-state index contributed by atoms with van der Waals surface area (Å²) in [5.41, 5.74) is -0.796. The highest BCUT2D eigenvalue weighted by Gasteiger charge is 2.46. The van der Waals surface area contributed by atoms with Crippen molar-refractivity contribution < 1.29 is 19.5 Å². The van der Waals surface area contributed by atoms with Crippen LogP contribution in [0.25, 0.3) is 0 Å². The molecule has 1 aromatic carbocycles. The van der Waals surface area contributed by atoms with Crippen molar-refractivity contribution in [3.05, 3.63) is 60.3 Å². The summed E-state index contributed by atoms with van der Waals surface area (Å²) in [6.07, 6.45) is 6.60. The number of carbonyl (C=O) groups excluding carboxylic acids is 2. The van der Waals surface area contributed by atoms with Gasteiger partial charge in [-0.2, -0.15) is 4.99 Å². The van der Waals surface area contributed by atoms with Crippen LogP contribution >= 0.6 is 0 Å². The zero-order valence-electron chi connectivity index (χ0n) is 13.5. The number of nitrogens with one attached hydrogen (secondary N) is 1. The second-order valence-electron chi connectivity index (χ2n) is 6.04. The fraction of sp³-hybridized carbons (Fsp3) is 0.222. The largest absolute Gasteiger partial charge is 0.479 e. The molecule has 0 spiro atoms. The maximum absolute atomic E-state index is 12.9. The Balaban J connectivity index is 1.90. The number of amides is 2. The van der Waals surface area contributed by atoms with Crippen molar-refractivity contribution in [1.29, 1.82) is 0 Å². The highest BCUT2D eigenvalue weighted by Crippen LogP contribution is 2.29. The molecule has 0 saturated carbocycles. The van der Waals surface area contributed by atoms with Gasteiger partial charge in [-0.1, -0.05) is 36.4 Å². The third kappa shape index (κ3) is 3.08. The Bertz CT molecular complexity index is 813. The van der Waals surface area contributed by atoms with Gasteiger partial charge in [-0.15, -0.1) is 0 Å². The number of carboxylic acid groups (broad SMARTS) is 1. The van der Waals surface area contributed by atoms with Crippen LogP contribution in [0.2, 0.25) is 0 Å². The summed E-state index contributed by atoms with van der Waals surface area (Å²) < 4.78 is 0. The number of amidine groups is 1. The molecule has 2 aliphatic rings. The minimum Gasteiger partial charge on any atom is -0.479 e. The van der Waals surface area contributed by atoms with E-state index in [1.807, 2.05) is 0 Å². The molecule has 0 radical (unpaired) electrons. The quantitative estimate of drug-likeness (QED) is 0.864. The minimum absolute atomic E-state index is 0.137. The van der Waals surface area contributed by atoms with E-state index in [-0.39, 0.29) is 6.42 Å². The first kappa shape index (κ1) is 16.6. The van der Waals surface area contributed by atoms with Crippen LogP contribution in [-0.4, -0.2) is 39.2 Å². The van der Waals surface area contributed by atoms with E-state index in [2.05, 4.69) is 10.3 Å². The first-order valence-electron chi connectivity index (χ1n) is 7.76. The Morgan fingerprint density at radius 2 is 2.00 bits per heavy atom. The number of aliphatic carboxylic acids is 1. The molecule has 1 unspecified atom stereocenters. The predicted molar refractivity (Wildman–Crippen MR) is 90.5 cm³/mol. The molecule has 0 saturated heterocycles. The number of carbonyl (C=O) groups is 3. The molecular formula is C18H17N3O4. The van der Waals surface area contributed by atoms with Gasteiger partial charge < -0.3 is 15.3 Å². The second kappa shape index (κ2) is 6.35. The third-order valence-corrected chi connectivity index (χ3v) is 4.25. The topological polar surface area (TPSA) is 99.1 Å². The Labute approximate surface area is 144 Å². The van der Waals surface area contributed by atoms with E-state index in [1.54, 1.807) is 66.6 Å². The summed E-state index contributed by atoms with van der Waals surface area (Å²) >= 11 is 0. The minimum atomic E-state index is -1.25. The van der Waals surface area contributed by atoms with E-state index in [0.717, 1.165) is 0 Å². The molecular weight excluding hydrogens is 322 g/mol. The first-order chi connectivity index (χ1) is 11.9. The van der Waals surface area contributed by atoms with E-state index >= 15 is 0 Å². The van der Waals surface area contributed by atoms with E-state index in [0.29, 0.717) is 11.4 Å². The number of fused-ring (bicyclic) bond motifs is 1. The van der Waals surface area contributed by atoms with Crippen LogP contribution in [0.1, 0.15) is 24.9 Å². The van der Waals surface area contributed by atoms with E-state index in [4.69, 9.17) is 0 Å². The maximum atomic E-state index is 12.9. The van der Waals surface area contributed by atoms with Crippen molar-refractivity contribution in [3.63, 3.8) is 0 Å². The van der Waals surface area contributed by atoms with Gasteiger partial charge in [-0.05, 0) is 24.6 Å². The van der Waals surface area contributed by atoms with Gasteiger partial charge in [0.25, 0.3) is 5.91 Å². The molecule has 2 aliphatic heterocycles. The number of benzene rings is 1. The number of rotatable bonds is 4. The van der Waals surface area contributed by atoms with Crippen LogP contribution < -0.4 is 5.32 Å². The smallest absolute Gasteiger partial charge is 0.330 e. The zero-order chi connectivity index (χ0) is 18.0. The van der Waals surface area contributed by atoms with Crippen molar-refractivity contribution in [2.45, 2.75) is 24.9 Å². The van der Waals surface area contributed by atoms with E-state index in [1.165, 1.54) is 0 Å². The molecule has 25 heavy (non-hydrogen) atoms. The van der Waals surface area contributed by atoms with Crippen molar-refractivity contribution in [3.8, 4) is 0 Å². The van der Waals surface area contributed by atoms with Crippen LogP contribution in [0.4, 0.5) is 0 Å². The number of nitrogens with zero attached hydrogens (tertiary/aromatic N) is 2. The van der Waals surface area contributed by atoms with Gasteiger partial charge in [-0.25, -0.2) is 4.79 Å². The average Bonchev–Trinajstić information content (AvgIpc) is 2.59. The zero-order valence-corrected chi connectivity index (χ0v) is 13.5. The van der Waals surface area contributed by atoms with Gasteiger partial charge in [0.2, 0.25) is 5.91 Å². The highest BCUT2D eigenvalue weighted by molar-refractivity contribution is 6.09. The lowest BCUT2D eigenvalue weighted by atomic mass is 9.90. The maximum Gasteiger partial charge on any atom is 0.330 e. The lowest BCUT2D eigenvalue weighted by Crippen LogP contribution is -2.60. The molecule has 2 atom stereocenters. The van der Waals surface area contributed by atoms with Gasteiger partial charge in [0.15, 0.2) is 6.04 Å². The van der Waals surface area contributed by atoms with Gasteiger partial charge in [0.05, 0.1) is 6.42 Å². The van der Waals surface area contributed by atoms with Crippen molar-refractivity contribution in [1.82, 2.24) is 10.2 Å². The van der Waals surface area contributed by atoms with Crippen LogP contribution in [0, 0.1) is 0 Å². The SMILES string of the molecule is CC1(C(=O)N[C@H](C(=O)O)c2ccccc2)CC(=O)N=C2C=CC=CN21. The molecule has 7 nitrogen and oxygen atoms in total. The summed E-state index contributed by atoms with van der Waals surface area (Å²) in [4.78, 5) is 42.0. The summed E-state index contributed by atoms with van der Waals surface area (Å²) in [6, 6.07) is 7.22. The Hall–Kier alpha value is -3.22. The summed E-state index contributed by atoms with van der Waals surface area (Å²) in [6.45, 7) is 1.60. The van der Waals surface area contributed by atoms with E-state index in [9.17, 15) is 19.5 Å². The first-order valence-corrected chi connectivity index (χ1v) is 7.76. The van der Waals surface area contributed by atoms with Crippen LogP contribution in [0.15, 0.2) is 59.8 Å². The normalized spacial score (nSPS) is 22.8. The van der Waals surface area contributed by atoms with Crippen LogP contribution in [0.3, 0.4) is 0 Å². The average molecular weight is 339 g/mol. The van der Waals surface area contributed by atoms with E-state index < -0.39 is 29.4 Å². The van der Waals surface area contributed by atoms with Crippen molar-refractivity contribution in [2.24, 2.45) is 4.99 Å². The lowest BCUT2D eigenvalue weighted by Gasteiger charge is -2.42. The van der Waals surface area contributed by atoms with Gasteiger partial charge in [0.1, 0.15) is 11.4 Å². The van der Waals surface area contributed by atoms with Crippen LogP contribution in [-0.2, 0) is 14.4 Å². The molecule has 0 fully saturated rings. The summed E-state index contributed by atoms with van der Waals surface area (Å²) in [5, 5.41) is 12.0. The van der Waals surface area contributed by atoms with Crippen molar-refractivity contribution >= 4 is 23.6 Å². The van der Waals surface area contributed by atoms with Gasteiger partial charge in [-0.3, -0.25) is 9.59 Å². The second-order valence-corrected chi connectivity index (χ2v) is 6.04. The number of hydrogen-bond donors (Lipinski definition) is 2. The molecule has 0 aliphatic carbocycles. The molecule has 2 N–H and O–H groups in total. The lowest BCUT2D eigenvalue weighted by molar-refractivity contribution is -0.144. The predicted octanol–water partition coefficient (Wildman–Crippen LogP) is 1.40. The molecule has 7 heteroatoms. The molecule has 2 heterocycles. The van der Waals surface area contributed by atoms with Gasteiger partial charge >= 0.3 is 5.97 Å². The third-order valence-electron chi connectivity index (χ3n) is 4.25. The molecule has 128 valence electrons. The summed E-state index contributed by atoms with van der Waals surface area (Å²) in [5.74, 6) is -1.78. The van der Waals surface area contributed by atoms with Crippen LogP contribution in [0.5, 0.6) is 0 Å². The number of hydrogen-bond acceptors (Lipinski definition) is 4. The monoisotopic (exact) mass is 339 g/mol. The standard InChI is InChI=1S/C18H17N3O4/c1-18(11-14(22)19-13-9-5-6-10-21(13)18)17(25)20-15(16(23)24)12-7-3-2-4-8-12/h2-10,15H,11H2,1H3,(H,20,25)(H,23,24)/t15-,18?/m0/s1. The fourth-order valence-electron chi connectivity index (χ4n) is 2.90. The van der Waals surface area contributed by atoms with Gasteiger partial charge in [0, 0.05) is 6.20 Å². The molecule has 1 aromatic rings. The summed E-state index contributed by atoms with van der Waals surface area (Å²) in [7, 11) is 0. The Morgan fingerprint density at radius 3 is 2.68 bits per heavy atom. The Morgan fingerprint density at radius 1 is 1.28 bits per heavy atom. The molecule has 0 bridgehead atoms. The Kier molecular flexibility index (Phi) is 4.22. The number of allylic oxidation sites excluding steroid dienone is 2. The fourth-order valence-corrected chi connectivity index (χ4v) is 2.90. The molecule has 2 amide bonds. The molecule has 0 aromatic heterocycles. The number of carboxylic acids is 1.